The maximum atomic E-state index is 13.6. The molecule has 0 saturated carbocycles. The highest BCUT2D eigenvalue weighted by atomic mass is 32.1. The highest BCUT2D eigenvalue weighted by Crippen LogP contribution is 2.12. The lowest BCUT2D eigenvalue weighted by Gasteiger charge is -2.04. The molecule has 3 N–H and O–H groups in total. The smallest absolute Gasteiger partial charge is 0.271 e. The van der Waals surface area contributed by atoms with Gasteiger partial charge in [0.15, 0.2) is 0 Å². The van der Waals surface area contributed by atoms with Gasteiger partial charge in [-0.15, -0.1) is 11.3 Å². The van der Waals surface area contributed by atoms with Gasteiger partial charge in [-0.2, -0.15) is 0 Å². The quantitative estimate of drug-likeness (QED) is 0.375. The minimum atomic E-state index is -0.801. The molecule has 0 fully saturated rings. The van der Waals surface area contributed by atoms with Crippen LogP contribution in [0.3, 0.4) is 0 Å². The number of halogens is 2. The van der Waals surface area contributed by atoms with Crippen molar-refractivity contribution in [3.8, 4) is 0 Å². The van der Waals surface area contributed by atoms with Crippen molar-refractivity contribution in [2.24, 2.45) is 0 Å². The fourth-order valence-corrected chi connectivity index (χ4v) is 3.63. The molecule has 0 atom stereocenters. The Morgan fingerprint density at radius 1 is 1.17 bits per heavy atom. The Hall–Kier alpha value is -3.24. The van der Waals surface area contributed by atoms with Crippen molar-refractivity contribution in [1.29, 1.82) is 0 Å². The lowest BCUT2D eigenvalue weighted by atomic mass is 10.3. The van der Waals surface area contributed by atoms with Gasteiger partial charge in [0, 0.05) is 24.4 Å². The van der Waals surface area contributed by atoms with Crippen molar-refractivity contribution in [3.05, 3.63) is 75.8 Å². The van der Waals surface area contributed by atoms with Gasteiger partial charge >= 0.3 is 0 Å². The van der Waals surface area contributed by atoms with Crippen molar-refractivity contribution in [2.75, 3.05) is 6.54 Å². The molecule has 1 amide bonds. The number of aromatic amines is 1. The maximum Gasteiger partial charge on any atom is 0.271 e. The molecule has 0 aliphatic carbocycles. The van der Waals surface area contributed by atoms with Crippen LogP contribution in [-0.4, -0.2) is 32.4 Å². The number of imidazole rings is 1. The number of rotatable bonds is 8. The van der Waals surface area contributed by atoms with Gasteiger partial charge in [0.1, 0.15) is 23.2 Å². The van der Waals surface area contributed by atoms with E-state index in [1.165, 1.54) is 11.3 Å². The van der Waals surface area contributed by atoms with Gasteiger partial charge in [-0.3, -0.25) is 9.78 Å². The zero-order chi connectivity index (χ0) is 20.9. The largest absolute Gasteiger partial charge is 0.345 e. The summed E-state index contributed by atoms with van der Waals surface area (Å²) in [6.45, 7) is 1.14. The molecular formula is C20H18F2N6OS. The molecule has 1 aromatic carbocycles. The topological polar surface area (TPSA) is 95.6 Å². The van der Waals surface area contributed by atoms with Crippen LogP contribution >= 0.6 is 11.3 Å². The van der Waals surface area contributed by atoms with Gasteiger partial charge in [-0.1, -0.05) is 12.1 Å². The normalized spacial score (nSPS) is 11.1. The summed E-state index contributed by atoms with van der Waals surface area (Å²) < 4.78 is 26.5. The molecule has 0 saturated heterocycles. The molecule has 7 nitrogen and oxygen atoms in total. The number of pyridine rings is 1. The number of para-hydroxylation sites is 2. The Morgan fingerprint density at radius 3 is 2.87 bits per heavy atom. The van der Waals surface area contributed by atoms with Crippen molar-refractivity contribution in [3.63, 3.8) is 0 Å². The van der Waals surface area contributed by atoms with Crippen LogP contribution in [0.1, 0.15) is 27.0 Å². The third kappa shape index (κ3) is 4.84. The summed E-state index contributed by atoms with van der Waals surface area (Å²) in [6.07, 6.45) is 1.57. The molecule has 10 heteroatoms. The van der Waals surface area contributed by atoms with E-state index in [0.29, 0.717) is 19.5 Å². The number of carbonyl (C=O) groups is 1. The van der Waals surface area contributed by atoms with Gasteiger partial charge in [0.05, 0.1) is 41.0 Å². The Balaban J connectivity index is 1.23. The standard InChI is InChI=1S/C20H18F2N6OS/c21-12-7-13(22)16(24-8-12)9-25-20(29)17-11-30-19(28-17)5-6-23-10-18-26-14-3-1-2-4-15(14)27-18/h1-4,7-8,11,23H,5-6,9-10H2,(H,25,29)(H,26,27). The van der Waals surface area contributed by atoms with Crippen LogP contribution in [0.15, 0.2) is 41.9 Å². The van der Waals surface area contributed by atoms with E-state index in [-0.39, 0.29) is 17.9 Å². The first-order valence-corrected chi connectivity index (χ1v) is 10.1. The molecule has 0 unspecified atom stereocenters. The summed E-state index contributed by atoms with van der Waals surface area (Å²) in [4.78, 5) is 27.9. The number of amides is 1. The molecule has 30 heavy (non-hydrogen) atoms. The summed E-state index contributed by atoms with van der Waals surface area (Å²) in [5.74, 6) is -1.14. The summed E-state index contributed by atoms with van der Waals surface area (Å²) >= 11 is 1.38. The van der Waals surface area contributed by atoms with E-state index in [4.69, 9.17) is 0 Å². The number of H-pyrrole nitrogens is 1. The average Bonchev–Trinajstić information content (AvgIpc) is 3.37. The average molecular weight is 428 g/mol. The molecule has 3 aromatic heterocycles. The molecule has 4 aromatic rings. The highest BCUT2D eigenvalue weighted by molar-refractivity contribution is 7.09. The zero-order valence-electron chi connectivity index (χ0n) is 15.8. The van der Waals surface area contributed by atoms with Crippen molar-refractivity contribution >= 4 is 28.3 Å². The number of hydrogen-bond acceptors (Lipinski definition) is 6. The lowest BCUT2D eigenvalue weighted by Crippen LogP contribution is -2.24. The minimum absolute atomic E-state index is 0.0324. The molecule has 3 heterocycles. The van der Waals surface area contributed by atoms with Crippen LogP contribution in [0.25, 0.3) is 11.0 Å². The number of carbonyl (C=O) groups excluding carboxylic acids is 1. The number of nitrogens with zero attached hydrogens (tertiary/aromatic N) is 3. The van der Waals surface area contributed by atoms with E-state index in [9.17, 15) is 13.6 Å². The number of fused-ring (bicyclic) bond motifs is 1. The van der Waals surface area contributed by atoms with E-state index in [0.717, 1.165) is 34.1 Å². The van der Waals surface area contributed by atoms with E-state index < -0.39 is 17.5 Å². The molecule has 0 aliphatic rings. The molecular weight excluding hydrogens is 410 g/mol. The maximum absolute atomic E-state index is 13.6. The lowest BCUT2D eigenvalue weighted by molar-refractivity contribution is 0.0945. The van der Waals surface area contributed by atoms with Crippen LogP contribution in [0, 0.1) is 11.6 Å². The first kappa shape index (κ1) is 20.0. The van der Waals surface area contributed by atoms with Crippen molar-refractivity contribution in [2.45, 2.75) is 19.5 Å². The Labute approximate surface area is 174 Å². The zero-order valence-corrected chi connectivity index (χ0v) is 16.6. The summed E-state index contributed by atoms with van der Waals surface area (Å²) in [5.41, 5.74) is 2.16. The fraction of sp³-hybridized carbons (Fsp3) is 0.200. The minimum Gasteiger partial charge on any atom is -0.345 e. The van der Waals surface area contributed by atoms with Crippen molar-refractivity contribution in [1.82, 2.24) is 30.6 Å². The predicted octanol–water partition coefficient (Wildman–Crippen LogP) is 2.95. The predicted molar refractivity (Wildman–Crippen MR) is 109 cm³/mol. The second kappa shape index (κ2) is 9.06. The van der Waals surface area contributed by atoms with E-state index >= 15 is 0 Å². The second-order valence-corrected chi connectivity index (χ2v) is 7.46. The number of hydrogen-bond donors (Lipinski definition) is 3. The summed E-state index contributed by atoms with van der Waals surface area (Å²) in [7, 11) is 0. The SMILES string of the molecule is O=C(NCc1ncc(F)cc1F)c1csc(CCNCc2nc3ccccc3[nH]2)n1. The summed E-state index contributed by atoms with van der Waals surface area (Å²) in [5, 5.41) is 8.30. The first-order valence-electron chi connectivity index (χ1n) is 9.25. The molecule has 0 aliphatic heterocycles. The third-order valence-corrected chi connectivity index (χ3v) is 5.24. The first-order chi connectivity index (χ1) is 14.6. The van der Waals surface area contributed by atoms with E-state index in [1.807, 2.05) is 24.3 Å². The number of aromatic nitrogens is 4. The van der Waals surface area contributed by atoms with Crippen LogP contribution in [0.2, 0.25) is 0 Å². The number of benzene rings is 1. The Bertz CT molecular complexity index is 1140. The van der Waals surface area contributed by atoms with Crippen molar-refractivity contribution < 1.29 is 13.6 Å². The van der Waals surface area contributed by atoms with Crippen LogP contribution in [0.5, 0.6) is 0 Å². The van der Waals surface area contributed by atoms with Gasteiger partial charge in [-0.25, -0.2) is 18.7 Å². The van der Waals surface area contributed by atoms with E-state index in [2.05, 4.69) is 30.6 Å². The number of thiazole rings is 1. The van der Waals surface area contributed by atoms with Gasteiger partial charge in [-0.05, 0) is 12.1 Å². The van der Waals surface area contributed by atoms with Crippen LogP contribution in [0.4, 0.5) is 8.78 Å². The Morgan fingerprint density at radius 2 is 2.03 bits per heavy atom. The van der Waals surface area contributed by atoms with Gasteiger partial charge < -0.3 is 15.6 Å². The van der Waals surface area contributed by atoms with E-state index in [1.54, 1.807) is 5.38 Å². The van der Waals surface area contributed by atoms with Gasteiger partial charge in [0.25, 0.3) is 5.91 Å². The molecule has 4 rings (SSSR count). The second-order valence-electron chi connectivity index (χ2n) is 6.52. The monoisotopic (exact) mass is 428 g/mol. The van der Waals surface area contributed by atoms with Gasteiger partial charge in [0.2, 0.25) is 0 Å². The highest BCUT2D eigenvalue weighted by Gasteiger charge is 2.13. The summed E-state index contributed by atoms with van der Waals surface area (Å²) in [6, 6.07) is 8.57. The van der Waals surface area contributed by atoms with Crippen LogP contribution in [-0.2, 0) is 19.5 Å². The van der Waals surface area contributed by atoms with Crippen LogP contribution < -0.4 is 10.6 Å². The number of nitrogens with one attached hydrogen (secondary N) is 3. The fourth-order valence-electron chi connectivity index (χ4n) is 2.85. The molecule has 154 valence electrons. The molecule has 0 bridgehead atoms. The third-order valence-electron chi connectivity index (χ3n) is 4.33. The Kier molecular flexibility index (Phi) is 6.05. The molecule has 0 spiro atoms. The molecule has 0 radical (unpaired) electrons.